The molecule has 0 spiro atoms. The summed E-state index contributed by atoms with van der Waals surface area (Å²) in [5.74, 6) is -4.75. The Morgan fingerprint density at radius 2 is 1.61 bits per heavy atom. The first-order chi connectivity index (χ1) is 8.45. The van der Waals surface area contributed by atoms with Crippen molar-refractivity contribution in [3.63, 3.8) is 0 Å². The fraction of sp³-hybridized carbons (Fsp3) is 0.250. The lowest BCUT2D eigenvalue weighted by atomic mass is 9.98. The highest BCUT2D eigenvalue weighted by Gasteiger charge is 2.28. The third-order valence-corrected chi connectivity index (χ3v) is 2.40. The highest BCUT2D eigenvalue weighted by atomic mass is 16.5. The molecule has 96 valence electrons. The van der Waals surface area contributed by atoms with Crippen molar-refractivity contribution >= 4 is 17.7 Å². The summed E-state index contributed by atoms with van der Waals surface area (Å²) in [5, 5.41) is 17.3. The zero-order chi connectivity index (χ0) is 13.7. The van der Waals surface area contributed by atoms with Crippen molar-refractivity contribution in [3.8, 4) is 5.75 Å². The molecule has 0 amide bonds. The van der Waals surface area contributed by atoms with Gasteiger partial charge in [0.25, 0.3) is 0 Å². The molecule has 6 heteroatoms. The maximum atomic E-state index is 11.7. The van der Waals surface area contributed by atoms with Crippen LogP contribution in [0.3, 0.4) is 0 Å². The number of methoxy groups -OCH3 is 1. The zero-order valence-electron chi connectivity index (χ0n) is 9.62. The van der Waals surface area contributed by atoms with Gasteiger partial charge in [0.1, 0.15) is 5.75 Å². The Labute approximate surface area is 103 Å². The number of carboxylic acids is 2. The van der Waals surface area contributed by atoms with Crippen LogP contribution < -0.4 is 4.74 Å². The molecule has 6 nitrogen and oxygen atoms in total. The van der Waals surface area contributed by atoms with Crippen molar-refractivity contribution in [2.45, 2.75) is 6.42 Å². The van der Waals surface area contributed by atoms with Crippen molar-refractivity contribution in [1.82, 2.24) is 0 Å². The molecular formula is C12H12O6. The van der Waals surface area contributed by atoms with E-state index in [0.717, 1.165) is 0 Å². The number of carboxylic acid groups (broad SMARTS) is 2. The van der Waals surface area contributed by atoms with E-state index in [1.165, 1.54) is 19.2 Å². The van der Waals surface area contributed by atoms with Gasteiger partial charge in [-0.3, -0.25) is 14.4 Å². The largest absolute Gasteiger partial charge is 0.497 e. The maximum Gasteiger partial charge on any atom is 0.318 e. The topological polar surface area (TPSA) is 101 Å². The van der Waals surface area contributed by atoms with E-state index in [1.807, 2.05) is 0 Å². The molecule has 0 radical (unpaired) electrons. The van der Waals surface area contributed by atoms with E-state index in [9.17, 15) is 14.4 Å². The Morgan fingerprint density at radius 3 is 2.00 bits per heavy atom. The van der Waals surface area contributed by atoms with Crippen LogP contribution in [-0.2, 0) is 9.59 Å². The van der Waals surface area contributed by atoms with Gasteiger partial charge in [-0.1, -0.05) is 0 Å². The van der Waals surface area contributed by atoms with Gasteiger partial charge in [0.05, 0.1) is 7.11 Å². The summed E-state index contributed by atoms with van der Waals surface area (Å²) in [5.41, 5.74) is 0.253. The van der Waals surface area contributed by atoms with E-state index in [0.29, 0.717) is 5.75 Å². The third-order valence-electron chi connectivity index (χ3n) is 2.40. The fourth-order valence-corrected chi connectivity index (χ4v) is 1.36. The molecule has 0 saturated carbocycles. The van der Waals surface area contributed by atoms with Crippen LogP contribution in [-0.4, -0.2) is 35.0 Å². The first-order valence-electron chi connectivity index (χ1n) is 5.08. The summed E-state index contributed by atoms with van der Waals surface area (Å²) >= 11 is 0. The second-order valence-corrected chi connectivity index (χ2v) is 3.58. The van der Waals surface area contributed by atoms with Gasteiger partial charge < -0.3 is 14.9 Å². The number of benzene rings is 1. The lowest BCUT2D eigenvalue weighted by Gasteiger charge is -2.07. The molecule has 0 heterocycles. The van der Waals surface area contributed by atoms with E-state index in [-0.39, 0.29) is 5.56 Å². The van der Waals surface area contributed by atoms with E-state index in [1.54, 1.807) is 12.1 Å². The molecule has 0 unspecified atom stereocenters. The Morgan fingerprint density at radius 1 is 1.11 bits per heavy atom. The van der Waals surface area contributed by atoms with Crippen LogP contribution in [0.2, 0.25) is 0 Å². The summed E-state index contributed by atoms with van der Waals surface area (Å²) in [6.45, 7) is 0. The summed E-state index contributed by atoms with van der Waals surface area (Å²) in [6.07, 6.45) is -0.572. The molecular weight excluding hydrogens is 240 g/mol. The van der Waals surface area contributed by atoms with Crippen molar-refractivity contribution in [1.29, 1.82) is 0 Å². The number of aliphatic carboxylic acids is 2. The van der Waals surface area contributed by atoms with Crippen LogP contribution in [0.5, 0.6) is 5.75 Å². The number of carbonyl (C=O) groups is 3. The smallest absolute Gasteiger partial charge is 0.318 e. The van der Waals surface area contributed by atoms with Crippen LogP contribution >= 0.6 is 0 Å². The Hall–Kier alpha value is -2.37. The Bertz CT molecular complexity index is 448. The molecule has 0 atom stereocenters. The highest BCUT2D eigenvalue weighted by Crippen LogP contribution is 2.15. The number of ketones is 1. The predicted octanol–water partition coefficient (Wildman–Crippen LogP) is 1.05. The van der Waals surface area contributed by atoms with Crippen LogP contribution in [0.1, 0.15) is 16.8 Å². The number of hydrogen-bond donors (Lipinski definition) is 2. The lowest BCUT2D eigenvalue weighted by Crippen LogP contribution is -2.26. The van der Waals surface area contributed by atoms with Crippen LogP contribution in [0.4, 0.5) is 0 Å². The molecule has 0 saturated heterocycles. The number of Topliss-reactive ketones (excluding diaryl/α,β-unsaturated/α-hetero) is 1. The average Bonchev–Trinajstić information content (AvgIpc) is 2.35. The molecule has 0 aliphatic carbocycles. The third kappa shape index (κ3) is 3.31. The molecule has 0 bridgehead atoms. The molecule has 0 aliphatic heterocycles. The van der Waals surface area contributed by atoms with Gasteiger partial charge in [0.15, 0.2) is 11.7 Å². The second kappa shape index (κ2) is 5.81. The van der Waals surface area contributed by atoms with Gasteiger partial charge in [-0.25, -0.2) is 0 Å². The van der Waals surface area contributed by atoms with Gasteiger partial charge in [-0.05, 0) is 24.3 Å². The van der Waals surface area contributed by atoms with Crippen molar-refractivity contribution < 1.29 is 29.3 Å². The Kier molecular flexibility index (Phi) is 4.42. The quantitative estimate of drug-likeness (QED) is 0.579. The van der Waals surface area contributed by atoms with Crippen LogP contribution in [0, 0.1) is 5.92 Å². The van der Waals surface area contributed by atoms with Gasteiger partial charge >= 0.3 is 11.9 Å². The summed E-state index contributed by atoms with van der Waals surface area (Å²) in [4.78, 5) is 33.0. The SMILES string of the molecule is COc1ccc(C(=O)CC(C(=O)O)C(=O)O)cc1. The molecule has 18 heavy (non-hydrogen) atoms. The Balaban J connectivity index is 2.80. The minimum atomic E-state index is -1.72. The van der Waals surface area contributed by atoms with E-state index < -0.39 is 30.1 Å². The average molecular weight is 252 g/mol. The van der Waals surface area contributed by atoms with Crippen molar-refractivity contribution in [2.75, 3.05) is 7.11 Å². The van der Waals surface area contributed by atoms with Crippen molar-refractivity contribution in [2.24, 2.45) is 5.92 Å². The number of rotatable bonds is 6. The van der Waals surface area contributed by atoms with Gasteiger partial charge in [-0.15, -0.1) is 0 Å². The molecule has 0 fully saturated rings. The monoisotopic (exact) mass is 252 g/mol. The minimum Gasteiger partial charge on any atom is -0.497 e. The van der Waals surface area contributed by atoms with Gasteiger partial charge in [-0.2, -0.15) is 0 Å². The molecule has 0 aliphatic rings. The van der Waals surface area contributed by atoms with E-state index in [4.69, 9.17) is 14.9 Å². The first-order valence-corrected chi connectivity index (χ1v) is 5.08. The zero-order valence-corrected chi connectivity index (χ0v) is 9.62. The number of carbonyl (C=O) groups excluding carboxylic acids is 1. The summed E-state index contributed by atoms with van der Waals surface area (Å²) in [6, 6.07) is 6.01. The highest BCUT2D eigenvalue weighted by molar-refractivity contribution is 6.03. The van der Waals surface area contributed by atoms with Crippen LogP contribution in [0.25, 0.3) is 0 Å². The molecule has 2 N–H and O–H groups in total. The van der Waals surface area contributed by atoms with Gasteiger partial charge in [0, 0.05) is 12.0 Å². The second-order valence-electron chi connectivity index (χ2n) is 3.58. The van der Waals surface area contributed by atoms with Gasteiger partial charge in [0.2, 0.25) is 0 Å². The van der Waals surface area contributed by atoms with E-state index in [2.05, 4.69) is 0 Å². The molecule has 1 aromatic carbocycles. The molecule has 0 aromatic heterocycles. The fourth-order valence-electron chi connectivity index (χ4n) is 1.36. The normalized spacial score (nSPS) is 10.1. The lowest BCUT2D eigenvalue weighted by molar-refractivity contribution is -0.154. The number of hydrogen-bond acceptors (Lipinski definition) is 4. The minimum absolute atomic E-state index is 0.253. The summed E-state index contributed by atoms with van der Waals surface area (Å²) < 4.78 is 4.91. The molecule has 1 aromatic rings. The molecule has 1 rings (SSSR count). The maximum absolute atomic E-state index is 11.7. The predicted molar refractivity (Wildman–Crippen MR) is 60.7 cm³/mol. The van der Waals surface area contributed by atoms with Crippen LogP contribution in [0.15, 0.2) is 24.3 Å². The standard InChI is InChI=1S/C12H12O6/c1-18-8-4-2-7(3-5-8)10(13)6-9(11(14)15)12(16)17/h2-5,9H,6H2,1H3,(H,14,15)(H,16,17). The van der Waals surface area contributed by atoms with E-state index >= 15 is 0 Å². The number of ether oxygens (including phenoxy) is 1. The summed E-state index contributed by atoms with van der Waals surface area (Å²) in [7, 11) is 1.47. The first kappa shape index (κ1) is 13.7. The van der Waals surface area contributed by atoms with Crippen molar-refractivity contribution in [3.05, 3.63) is 29.8 Å².